The molecule has 1 aliphatic rings. The Morgan fingerprint density at radius 1 is 1.33 bits per heavy atom. The normalized spacial score (nSPS) is 16.6. The Balaban J connectivity index is 2.00. The number of alkyl halides is 1. The summed E-state index contributed by atoms with van der Waals surface area (Å²) in [5.74, 6) is 0.825. The Bertz CT molecular complexity index is 674. The molecule has 0 aliphatic carbocycles. The summed E-state index contributed by atoms with van der Waals surface area (Å²) in [6.45, 7) is 5.77. The predicted octanol–water partition coefficient (Wildman–Crippen LogP) is 2.66. The van der Waals surface area contributed by atoms with E-state index in [9.17, 15) is 4.79 Å². The molecular weight excluding hydrogens is 288 g/mol. The molecule has 0 saturated carbocycles. The number of amides is 1. The Kier molecular flexibility index (Phi) is 3.85. The average molecular weight is 307 g/mol. The van der Waals surface area contributed by atoms with Crippen molar-refractivity contribution in [1.82, 2.24) is 19.4 Å². The quantitative estimate of drug-likeness (QED) is 0.819. The van der Waals surface area contributed by atoms with Crippen molar-refractivity contribution in [2.24, 2.45) is 0 Å². The second-order valence-electron chi connectivity index (χ2n) is 5.56. The molecule has 1 aliphatic heterocycles. The number of aryl methyl sites for hydroxylation is 1. The number of halogens is 1. The second kappa shape index (κ2) is 5.64. The third kappa shape index (κ3) is 2.75. The number of carbonyl (C=O) groups is 1. The molecule has 0 N–H and O–H groups in total. The SMILES string of the molecule is Cc1ccc2nc(C(C)Cl)n(CC(=O)N3CCCC3)c2n1. The van der Waals surface area contributed by atoms with E-state index in [1.165, 1.54) is 0 Å². The van der Waals surface area contributed by atoms with Gasteiger partial charge in [0, 0.05) is 18.8 Å². The lowest BCUT2D eigenvalue weighted by molar-refractivity contribution is -0.130. The molecule has 2 aromatic rings. The highest BCUT2D eigenvalue weighted by Crippen LogP contribution is 2.24. The first-order valence-corrected chi connectivity index (χ1v) is 7.75. The lowest BCUT2D eigenvalue weighted by Crippen LogP contribution is -2.31. The molecule has 21 heavy (non-hydrogen) atoms. The average Bonchev–Trinajstić information content (AvgIpc) is 3.07. The molecule has 0 spiro atoms. The van der Waals surface area contributed by atoms with E-state index < -0.39 is 0 Å². The summed E-state index contributed by atoms with van der Waals surface area (Å²) >= 11 is 6.23. The molecule has 6 heteroatoms. The smallest absolute Gasteiger partial charge is 0.242 e. The Labute approximate surface area is 128 Å². The molecule has 0 bridgehead atoms. The first kappa shape index (κ1) is 14.3. The monoisotopic (exact) mass is 306 g/mol. The van der Waals surface area contributed by atoms with E-state index in [0.29, 0.717) is 5.82 Å². The highest BCUT2D eigenvalue weighted by atomic mass is 35.5. The van der Waals surface area contributed by atoms with Crippen molar-refractivity contribution >= 4 is 28.7 Å². The number of carbonyl (C=O) groups excluding carboxylic acids is 1. The van der Waals surface area contributed by atoms with Crippen molar-refractivity contribution < 1.29 is 4.79 Å². The van der Waals surface area contributed by atoms with Crippen LogP contribution in [-0.2, 0) is 11.3 Å². The molecule has 1 fully saturated rings. The van der Waals surface area contributed by atoms with E-state index >= 15 is 0 Å². The summed E-state index contributed by atoms with van der Waals surface area (Å²) in [6.07, 6.45) is 2.18. The fourth-order valence-corrected chi connectivity index (χ4v) is 2.94. The van der Waals surface area contributed by atoms with Gasteiger partial charge in [-0.2, -0.15) is 0 Å². The summed E-state index contributed by atoms with van der Waals surface area (Å²) in [5, 5.41) is -0.258. The molecule has 0 radical (unpaired) electrons. The molecule has 3 rings (SSSR count). The van der Waals surface area contributed by atoms with E-state index in [0.717, 1.165) is 42.8 Å². The maximum Gasteiger partial charge on any atom is 0.242 e. The molecule has 3 heterocycles. The first-order chi connectivity index (χ1) is 10.1. The molecular formula is C15H19ClN4O. The third-order valence-electron chi connectivity index (χ3n) is 3.87. The number of likely N-dealkylation sites (tertiary alicyclic amines) is 1. The summed E-state index contributed by atoms with van der Waals surface area (Å²) in [4.78, 5) is 23.4. The van der Waals surface area contributed by atoms with Crippen LogP contribution in [0.15, 0.2) is 12.1 Å². The summed E-state index contributed by atoms with van der Waals surface area (Å²) in [5.41, 5.74) is 2.44. The van der Waals surface area contributed by atoms with E-state index in [1.807, 2.05) is 35.4 Å². The van der Waals surface area contributed by atoms with Crippen LogP contribution in [0.2, 0.25) is 0 Å². The first-order valence-electron chi connectivity index (χ1n) is 7.32. The maximum absolute atomic E-state index is 12.4. The zero-order valence-electron chi connectivity index (χ0n) is 12.3. The van der Waals surface area contributed by atoms with Crippen LogP contribution in [0.1, 0.15) is 36.7 Å². The highest BCUT2D eigenvalue weighted by molar-refractivity contribution is 6.20. The molecule has 1 atom stereocenters. The minimum atomic E-state index is -0.258. The van der Waals surface area contributed by atoms with Crippen LogP contribution >= 0.6 is 11.6 Å². The number of nitrogens with zero attached hydrogens (tertiary/aromatic N) is 4. The molecule has 2 aromatic heterocycles. The second-order valence-corrected chi connectivity index (χ2v) is 6.21. The van der Waals surface area contributed by atoms with Gasteiger partial charge in [0.05, 0.1) is 5.38 Å². The van der Waals surface area contributed by atoms with Crippen LogP contribution in [0.3, 0.4) is 0 Å². The topological polar surface area (TPSA) is 51.0 Å². The standard InChI is InChI=1S/C15H19ClN4O/c1-10-5-6-12-15(17-10)20(14(18-12)11(2)16)9-13(21)19-7-3-4-8-19/h5-6,11H,3-4,7-9H2,1-2H3. The van der Waals surface area contributed by atoms with Gasteiger partial charge in [-0.05, 0) is 38.8 Å². The van der Waals surface area contributed by atoms with Gasteiger partial charge in [0.1, 0.15) is 17.9 Å². The molecule has 1 saturated heterocycles. The molecule has 112 valence electrons. The molecule has 1 unspecified atom stereocenters. The Morgan fingerprint density at radius 2 is 2.05 bits per heavy atom. The van der Waals surface area contributed by atoms with Crippen molar-refractivity contribution in [2.75, 3.05) is 13.1 Å². The summed E-state index contributed by atoms with van der Waals surface area (Å²) < 4.78 is 1.86. The minimum Gasteiger partial charge on any atom is -0.341 e. The fourth-order valence-electron chi connectivity index (χ4n) is 2.78. The van der Waals surface area contributed by atoms with Gasteiger partial charge in [-0.1, -0.05) is 0 Å². The van der Waals surface area contributed by atoms with Crippen molar-refractivity contribution in [2.45, 2.75) is 38.6 Å². The van der Waals surface area contributed by atoms with Gasteiger partial charge in [-0.25, -0.2) is 9.97 Å². The van der Waals surface area contributed by atoms with Gasteiger partial charge in [0.25, 0.3) is 0 Å². The van der Waals surface area contributed by atoms with E-state index in [-0.39, 0.29) is 17.8 Å². The lowest BCUT2D eigenvalue weighted by atomic mass is 10.3. The molecule has 5 nitrogen and oxygen atoms in total. The fraction of sp³-hybridized carbons (Fsp3) is 0.533. The van der Waals surface area contributed by atoms with Crippen molar-refractivity contribution in [1.29, 1.82) is 0 Å². The predicted molar refractivity (Wildman–Crippen MR) is 82.3 cm³/mol. The van der Waals surface area contributed by atoms with Gasteiger partial charge in [-0.15, -0.1) is 11.6 Å². The van der Waals surface area contributed by atoms with Crippen LogP contribution in [0.5, 0.6) is 0 Å². The van der Waals surface area contributed by atoms with Crippen LogP contribution in [0, 0.1) is 6.92 Å². The third-order valence-corrected chi connectivity index (χ3v) is 4.06. The maximum atomic E-state index is 12.4. The van der Waals surface area contributed by atoms with Gasteiger partial charge in [0.2, 0.25) is 5.91 Å². The number of pyridine rings is 1. The lowest BCUT2D eigenvalue weighted by Gasteiger charge is -2.17. The zero-order chi connectivity index (χ0) is 15.0. The van der Waals surface area contributed by atoms with Gasteiger partial charge < -0.3 is 9.47 Å². The number of fused-ring (bicyclic) bond motifs is 1. The van der Waals surface area contributed by atoms with Crippen LogP contribution in [0.25, 0.3) is 11.2 Å². The zero-order valence-corrected chi connectivity index (χ0v) is 13.1. The van der Waals surface area contributed by atoms with Gasteiger partial charge in [0.15, 0.2) is 5.65 Å². The van der Waals surface area contributed by atoms with Crippen molar-refractivity contribution in [3.63, 3.8) is 0 Å². The number of hydrogen-bond acceptors (Lipinski definition) is 3. The van der Waals surface area contributed by atoms with Crippen LogP contribution < -0.4 is 0 Å². The minimum absolute atomic E-state index is 0.119. The number of hydrogen-bond donors (Lipinski definition) is 0. The molecule has 1 amide bonds. The van der Waals surface area contributed by atoms with Gasteiger partial charge in [-0.3, -0.25) is 4.79 Å². The van der Waals surface area contributed by atoms with Crippen molar-refractivity contribution in [3.8, 4) is 0 Å². The number of imidazole rings is 1. The Hall–Kier alpha value is -1.62. The van der Waals surface area contributed by atoms with E-state index in [1.54, 1.807) is 0 Å². The van der Waals surface area contributed by atoms with Crippen LogP contribution in [0.4, 0.5) is 0 Å². The number of aromatic nitrogens is 3. The number of rotatable bonds is 3. The van der Waals surface area contributed by atoms with E-state index in [4.69, 9.17) is 11.6 Å². The van der Waals surface area contributed by atoms with Crippen molar-refractivity contribution in [3.05, 3.63) is 23.7 Å². The largest absolute Gasteiger partial charge is 0.341 e. The summed E-state index contributed by atoms with van der Waals surface area (Å²) in [7, 11) is 0. The van der Waals surface area contributed by atoms with Gasteiger partial charge >= 0.3 is 0 Å². The van der Waals surface area contributed by atoms with E-state index in [2.05, 4.69) is 9.97 Å². The molecule has 0 aromatic carbocycles. The van der Waals surface area contributed by atoms with Crippen LogP contribution in [-0.4, -0.2) is 38.4 Å². The summed E-state index contributed by atoms with van der Waals surface area (Å²) in [6, 6.07) is 3.85. The highest BCUT2D eigenvalue weighted by Gasteiger charge is 2.22. The Morgan fingerprint density at radius 3 is 2.71 bits per heavy atom.